The molecule has 0 aliphatic carbocycles. The normalized spacial score (nSPS) is 18.8. The number of halogens is 1. The summed E-state index contributed by atoms with van der Waals surface area (Å²) in [6.07, 6.45) is 4.38. The SMILES string of the molecule is Cc1ccc2c(c1)CSC(=NC1CCN(CCCCOc3ccc(F)cc3)CC1)N2. The lowest BCUT2D eigenvalue weighted by Gasteiger charge is -2.31. The van der Waals surface area contributed by atoms with Gasteiger partial charge < -0.3 is 15.0 Å². The standard InChI is InChI=1S/C24H30FN3OS/c1-18-4-9-23-19(16-18)17-30-24(27-23)26-21-10-13-28(14-11-21)12-2-3-15-29-22-7-5-20(25)6-8-22/h4-9,16,21H,2-3,10-15,17H2,1H3,(H,26,27). The first-order valence-corrected chi connectivity index (χ1v) is 11.8. The fourth-order valence-electron chi connectivity index (χ4n) is 3.93. The predicted octanol–water partition coefficient (Wildman–Crippen LogP) is 5.47. The predicted molar refractivity (Wildman–Crippen MR) is 124 cm³/mol. The van der Waals surface area contributed by atoms with Gasteiger partial charge in [-0.3, -0.25) is 4.99 Å². The van der Waals surface area contributed by atoms with Crippen LogP contribution >= 0.6 is 11.8 Å². The van der Waals surface area contributed by atoms with Crippen molar-refractivity contribution in [3.8, 4) is 5.75 Å². The van der Waals surface area contributed by atoms with E-state index in [1.54, 1.807) is 12.1 Å². The fraction of sp³-hybridized carbons (Fsp3) is 0.458. The van der Waals surface area contributed by atoms with Crippen LogP contribution < -0.4 is 10.1 Å². The van der Waals surface area contributed by atoms with Gasteiger partial charge in [0.2, 0.25) is 0 Å². The molecule has 0 unspecified atom stereocenters. The summed E-state index contributed by atoms with van der Waals surface area (Å²) in [7, 11) is 0. The summed E-state index contributed by atoms with van der Waals surface area (Å²) in [6.45, 7) is 6.15. The van der Waals surface area contributed by atoms with Crippen molar-refractivity contribution in [3.05, 3.63) is 59.4 Å². The largest absolute Gasteiger partial charge is 0.494 e. The molecule has 2 aliphatic rings. The molecule has 0 radical (unpaired) electrons. The highest BCUT2D eigenvalue weighted by atomic mass is 32.2. The van der Waals surface area contributed by atoms with Crippen molar-refractivity contribution >= 4 is 22.6 Å². The first-order valence-electron chi connectivity index (χ1n) is 10.8. The molecule has 160 valence electrons. The van der Waals surface area contributed by atoms with E-state index in [1.165, 1.54) is 28.9 Å². The summed E-state index contributed by atoms with van der Waals surface area (Å²) >= 11 is 1.82. The molecule has 1 fully saturated rings. The summed E-state index contributed by atoms with van der Waals surface area (Å²) in [4.78, 5) is 7.53. The molecule has 4 nitrogen and oxygen atoms in total. The van der Waals surface area contributed by atoms with Crippen molar-refractivity contribution in [2.45, 2.75) is 44.4 Å². The number of aryl methyl sites for hydroxylation is 1. The van der Waals surface area contributed by atoms with Crippen molar-refractivity contribution in [2.75, 3.05) is 31.6 Å². The zero-order valence-electron chi connectivity index (χ0n) is 17.6. The van der Waals surface area contributed by atoms with E-state index in [9.17, 15) is 4.39 Å². The van der Waals surface area contributed by atoms with Gasteiger partial charge in [-0.1, -0.05) is 29.5 Å². The third kappa shape index (κ3) is 5.99. The molecule has 2 aromatic rings. The van der Waals surface area contributed by atoms with E-state index in [0.29, 0.717) is 12.6 Å². The molecule has 0 spiro atoms. The number of nitrogens with zero attached hydrogens (tertiary/aromatic N) is 2. The Morgan fingerprint density at radius 2 is 1.93 bits per heavy atom. The number of aliphatic imine (C=N–C) groups is 1. The third-order valence-corrected chi connectivity index (χ3v) is 6.61. The second kappa shape index (κ2) is 10.3. The molecular weight excluding hydrogens is 397 g/mol. The Kier molecular flexibility index (Phi) is 7.28. The van der Waals surface area contributed by atoms with Gasteiger partial charge in [0.1, 0.15) is 11.6 Å². The van der Waals surface area contributed by atoms with Crippen LogP contribution in [-0.4, -0.2) is 42.4 Å². The first-order chi connectivity index (χ1) is 14.7. The Morgan fingerprint density at radius 3 is 2.73 bits per heavy atom. The van der Waals surface area contributed by atoms with E-state index >= 15 is 0 Å². The minimum atomic E-state index is -0.228. The summed E-state index contributed by atoms with van der Waals surface area (Å²) in [6, 6.07) is 13.2. The second-order valence-corrected chi connectivity index (χ2v) is 9.05. The number of hydrogen-bond acceptors (Lipinski definition) is 4. The maximum absolute atomic E-state index is 12.9. The maximum atomic E-state index is 12.9. The molecule has 2 aliphatic heterocycles. The summed E-state index contributed by atoms with van der Waals surface area (Å²) in [5.41, 5.74) is 3.89. The number of amidine groups is 1. The number of hydrogen-bond donors (Lipinski definition) is 1. The van der Waals surface area contributed by atoms with Crippen LogP contribution in [0.5, 0.6) is 5.75 Å². The Bertz CT molecular complexity index is 863. The molecule has 6 heteroatoms. The Hall–Kier alpha value is -2.05. The Morgan fingerprint density at radius 1 is 1.13 bits per heavy atom. The van der Waals surface area contributed by atoms with Crippen molar-refractivity contribution in [1.82, 2.24) is 4.90 Å². The van der Waals surface area contributed by atoms with Crippen molar-refractivity contribution in [2.24, 2.45) is 4.99 Å². The topological polar surface area (TPSA) is 36.9 Å². The quantitative estimate of drug-likeness (QED) is 0.594. The lowest BCUT2D eigenvalue weighted by Crippen LogP contribution is -2.36. The smallest absolute Gasteiger partial charge is 0.161 e. The van der Waals surface area contributed by atoms with Gasteiger partial charge in [0, 0.05) is 24.5 Å². The number of piperidine rings is 1. The molecule has 0 atom stereocenters. The minimum Gasteiger partial charge on any atom is -0.494 e. The number of anilines is 1. The fourth-order valence-corrected chi connectivity index (χ4v) is 4.86. The van der Waals surface area contributed by atoms with Gasteiger partial charge in [-0.15, -0.1) is 0 Å². The average molecular weight is 428 g/mol. The van der Waals surface area contributed by atoms with Crippen LogP contribution in [0.25, 0.3) is 0 Å². The molecule has 0 saturated carbocycles. The lowest BCUT2D eigenvalue weighted by molar-refractivity contribution is 0.203. The molecule has 4 rings (SSSR count). The Balaban J connectivity index is 1.13. The zero-order valence-corrected chi connectivity index (χ0v) is 18.4. The minimum absolute atomic E-state index is 0.228. The van der Waals surface area contributed by atoms with Gasteiger partial charge in [-0.2, -0.15) is 0 Å². The van der Waals surface area contributed by atoms with Crippen LogP contribution in [0.15, 0.2) is 47.5 Å². The molecule has 2 heterocycles. The Labute approximate surface area is 182 Å². The number of nitrogens with one attached hydrogen (secondary N) is 1. The molecule has 0 aromatic heterocycles. The van der Waals surface area contributed by atoms with E-state index < -0.39 is 0 Å². The van der Waals surface area contributed by atoms with Crippen LogP contribution in [0.4, 0.5) is 10.1 Å². The highest BCUT2D eigenvalue weighted by Crippen LogP contribution is 2.30. The van der Waals surface area contributed by atoms with E-state index in [1.807, 2.05) is 11.8 Å². The van der Waals surface area contributed by atoms with Crippen molar-refractivity contribution in [1.29, 1.82) is 0 Å². The van der Waals surface area contributed by atoms with Gasteiger partial charge in [-0.05, 0) is 75.0 Å². The van der Waals surface area contributed by atoms with Gasteiger partial charge in [0.25, 0.3) is 0 Å². The van der Waals surface area contributed by atoms with Crippen molar-refractivity contribution < 1.29 is 9.13 Å². The molecular formula is C24H30FN3OS. The van der Waals surface area contributed by atoms with Crippen LogP contribution in [0.3, 0.4) is 0 Å². The zero-order chi connectivity index (χ0) is 20.8. The summed E-state index contributed by atoms with van der Waals surface area (Å²) < 4.78 is 18.6. The van der Waals surface area contributed by atoms with Gasteiger partial charge >= 0.3 is 0 Å². The van der Waals surface area contributed by atoms with Crippen molar-refractivity contribution in [3.63, 3.8) is 0 Å². The first kappa shape index (κ1) is 21.2. The molecule has 1 saturated heterocycles. The molecule has 2 aromatic carbocycles. The van der Waals surface area contributed by atoms with E-state index in [0.717, 1.165) is 62.0 Å². The summed E-state index contributed by atoms with van der Waals surface area (Å²) in [5.74, 6) is 1.51. The van der Waals surface area contributed by atoms with E-state index in [2.05, 4.69) is 35.3 Å². The number of thioether (sulfide) groups is 1. The van der Waals surface area contributed by atoms with Crippen LogP contribution in [0, 0.1) is 12.7 Å². The number of unbranched alkanes of at least 4 members (excludes halogenated alkanes) is 1. The van der Waals surface area contributed by atoms with Crippen LogP contribution in [0.2, 0.25) is 0 Å². The number of benzene rings is 2. The lowest BCUT2D eigenvalue weighted by atomic mass is 10.1. The number of rotatable bonds is 7. The highest BCUT2D eigenvalue weighted by Gasteiger charge is 2.20. The average Bonchev–Trinajstić information content (AvgIpc) is 2.76. The number of fused-ring (bicyclic) bond motifs is 1. The number of likely N-dealkylation sites (tertiary alicyclic amines) is 1. The van der Waals surface area contributed by atoms with Gasteiger partial charge in [-0.25, -0.2) is 4.39 Å². The molecule has 0 bridgehead atoms. The summed E-state index contributed by atoms with van der Waals surface area (Å²) in [5, 5.41) is 4.58. The number of ether oxygens (including phenoxy) is 1. The van der Waals surface area contributed by atoms with Crippen LogP contribution in [0.1, 0.15) is 36.8 Å². The van der Waals surface area contributed by atoms with Gasteiger partial charge in [0.05, 0.1) is 12.6 Å². The van der Waals surface area contributed by atoms with E-state index in [-0.39, 0.29) is 5.82 Å². The van der Waals surface area contributed by atoms with E-state index in [4.69, 9.17) is 9.73 Å². The second-order valence-electron chi connectivity index (χ2n) is 8.09. The van der Waals surface area contributed by atoms with Crippen LogP contribution in [-0.2, 0) is 5.75 Å². The monoisotopic (exact) mass is 427 g/mol. The molecule has 0 amide bonds. The molecule has 1 N–H and O–H groups in total. The maximum Gasteiger partial charge on any atom is 0.161 e. The van der Waals surface area contributed by atoms with Gasteiger partial charge in [0.15, 0.2) is 5.17 Å². The molecule has 30 heavy (non-hydrogen) atoms. The third-order valence-electron chi connectivity index (χ3n) is 5.67. The highest BCUT2D eigenvalue weighted by molar-refractivity contribution is 8.13.